The van der Waals surface area contributed by atoms with E-state index in [1.807, 2.05) is 20.8 Å². The van der Waals surface area contributed by atoms with Crippen molar-refractivity contribution in [2.45, 2.75) is 33.6 Å². The van der Waals surface area contributed by atoms with Gasteiger partial charge in [0.15, 0.2) is 0 Å². The molecular formula is C7H15NO. The summed E-state index contributed by atoms with van der Waals surface area (Å²) in [5.74, 6) is -0.187. The second kappa shape index (κ2) is 2.85. The van der Waals surface area contributed by atoms with Crippen LogP contribution in [0.1, 0.15) is 33.6 Å². The van der Waals surface area contributed by atoms with Crippen LogP contribution < -0.4 is 5.73 Å². The van der Waals surface area contributed by atoms with E-state index in [-0.39, 0.29) is 11.3 Å². The first-order chi connectivity index (χ1) is 4.06. The monoisotopic (exact) mass is 129 g/mol. The molecule has 1 amide bonds. The van der Waals surface area contributed by atoms with Gasteiger partial charge in [-0.25, -0.2) is 0 Å². The van der Waals surface area contributed by atoms with Crippen molar-refractivity contribution in [2.75, 3.05) is 0 Å². The molecule has 2 N–H and O–H groups in total. The largest absolute Gasteiger partial charge is 0.369 e. The highest BCUT2D eigenvalue weighted by molar-refractivity contribution is 5.80. The molecule has 2 nitrogen and oxygen atoms in total. The Labute approximate surface area is 56.4 Å². The van der Waals surface area contributed by atoms with Crippen LogP contribution >= 0.6 is 0 Å². The van der Waals surface area contributed by atoms with Crippen molar-refractivity contribution < 1.29 is 4.79 Å². The van der Waals surface area contributed by atoms with Crippen LogP contribution in [-0.4, -0.2) is 5.91 Å². The Morgan fingerprint density at radius 3 is 1.78 bits per heavy atom. The van der Waals surface area contributed by atoms with Gasteiger partial charge in [-0.05, 0) is 12.8 Å². The molecule has 2 heteroatoms. The third-order valence-corrected chi connectivity index (χ3v) is 2.16. The lowest BCUT2D eigenvalue weighted by Crippen LogP contribution is -2.32. The minimum Gasteiger partial charge on any atom is -0.369 e. The molecule has 0 rings (SSSR count). The highest BCUT2D eigenvalue weighted by Crippen LogP contribution is 2.23. The van der Waals surface area contributed by atoms with Crippen LogP contribution in [0.2, 0.25) is 0 Å². The summed E-state index contributed by atoms with van der Waals surface area (Å²) in [7, 11) is 0. The second-order valence-electron chi connectivity index (χ2n) is 2.63. The molecule has 0 aromatic carbocycles. The summed E-state index contributed by atoms with van der Waals surface area (Å²) >= 11 is 0. The average molecular weight is 129 g/mol. The Balaban J connectivity index is 4.09. The van der Waals surface area contributed by atoms with Crippen LogP contribution in [-0.2, 0) is 4.79 Å². The van der Waals surface area contributed by atoms with Crippen molar-refractivity contribution in [1.82, 2.24) is 0 Å². The number of hydrogen-bond donors (Lipinski definition) is 1. The molecule has 0 aromatic rings. The summed E-state index contributed by atoms with van der Waals surface area (Å²) in [5, 5.41) is 0. The van der Waals surface area contributed by atoms with Crippen molar-refractivity contribution in [3.8, 4) is 0 Å². The molecule has 0 atom stereocenters. The van der Waals surface area contributed by atoms with Crippen molar-refractivity contribution >= 4 is 5.91 Å². The minimum atomic E-state index is -0.278. The number of carbonyl (C=O) groups is 1. The van der Waals surface area contributed by atoms with Gasteiger partial charge in [-0.15, -0.1) is 0 Å². The van der Waals surface area contributed by atoms with Gasteiger partial charge in [0.05, 0.1) is 0 Å². The molecule has 0 heterocycles. The molecule has 0 fully saturated rings. The van der Waals surface area contributed by atoms with Crippen LogP contribution in [0.25, 0.3) is 0 Å². The lowest BCUT2D eigenvalue weighted by Gasteiger charge is -2.21. The molecule has 0 aromatic heterocycles. The number of hydrogen-bond acceptors (Lipinski definition) is 1. The van der Waals surface area contributed by atoms with Gasteiger partial charge in [0.25, 0.3) is 0 Å². The number of rotatable bonds is 3. The van der Waals surface area contributed by atoms with Crippen molar-refractivity contribution in [2.24, 2.45) is 11.1 Å². The molecule has 54 valence electrons. The number of primary amides is 1. The lowest BCUT2D eigenvalue weighted by molar-refractivity contribution is -0.127. The zero-order chi connectivity index (χ0) is 7.49. The van der Waals surface area contributed by atoms with Gasteiger partial charge in [0, 0.05) is 5.41 Å². The first-order valence-corrected chi connectivity index (χ1v) is 3.36. The van der Waals surface area contributed by atoms with Gasteiger partial charge in [0.1, 0.15) is 0 Å². The summed E-state index contributed by atoms with van der Waals surface area (Å²) < 4.78 is 0. The quantitative estimate of drug-likeness (QED) is 0.613. The van der Waals surface area contributed by atoms with E-state index < -0.39 is 0 Å². The standard InChI is InChI=1S/C7H15NO/c1-4-7(3,5-2)6(8)9/h4-5H2,1-3H3,(H2,8,9). The van der Waals surface area contributed by atoms with Crippen LogP contribution in [0.4, 0.5) is 0 Å². The fourth-order valence-corrected chi connectivity index (χ4v) is 0.598. The summed E-state index contributed by atoms with van der Waals surface area (Å²) in [6.45, 7) is 5.86. The van der Waals surface area contributed by atoms with Crippen LogP contribution in [0.5, 0.6) is 0 Å². The lowest BCUT2D eigenvalue weighted by atomic mass is 9.84. The fourth-order valence-electron chi connectivity index (χ4n) is 0.598. The van der Waals surface area contributed by atoms with Gasteiger partial charge in [-0.1, -0.05) is 20.8 Å². The second-order valence-corrected chi connectivity index (χ2v) is 2.63. The van der Waals surface area contributed by atoms with Gasteiger partial charge in [0.2, 0.25) is 5.91 Å². The summed E-state index contributed by atoms with van der Waals surface area (Å²) in [6, 6.07) is 0. The molecule has 0 saturated carbocycles. The Morgan fingerprint density at radius 2 is 1.78 bits per heavy atom. The van der Waals surface area contributed by atoms with E-state index in [9.17, 15) is 4.79 Å². The maximum absolute atomic E-state index is 10.7. The Morgan fingerprint density at radius 1 is 1.44 bits per heavy atom. The average Bonchev–Trinajstić information content (AvgIpc) is 1.86. The molecule has 0 aliphatic heterocycles. The summed E-state index contributed by atoms with van der Waals surface area (Å²) in [6.07, 6.45) is 1.66. The third kappa shape index (κ3) is 1.70. The highest BCUT2D eigenvalue weighted by atomic mass is 16.1. The van der Waals surface area contributed by atoms with Gasteiger partial charge < -0.3 is 5.73 Å². The van der Waals surface area contributed by atoms with E-state index >= 15 is 0 Å². The molecule has 0 bridgehead atoms. The summed E-state index contributed by atoms with van der Waals surface area (Å²) in [5.41, 5.74) is 4.88. The number of amides is 1. The van der Waals surface area contributed by atoms with Crippen LogP contribution in [0.3, 0.4) is 0 Å². The van der Waals surface area contributed by atoms with Gasteiger partial charge in [-0.3, -0.25) is 4.79 Å². The molecule has 0 saturated heterocycles. The fraction of sp³-hybridized carbons (Fsp3) is 0.857. The van der Waals surface area contributed by atoms with Crippen molar-refractivity contribution in [3.63, 3.8) is 0 Å². The molecule has 0 aliphatic rings. The first kappa shape index (κ1) is 8.47. The zero-order valence-electron chi connectivity index (χ0n) is 6.40. The first-order valence-electron chi connectivity index (χ1n) is 3.36. The molecule has 0 spiro atoms. The molecule has 9 heavy (non-hydrogen) atoms. The van der Waals surface area contributed by atoms with Crippen molar-refractivity contribution in [1.29, 1.82) is 0 Å². The normalized spacial score (nSPS) is 11.4. The van der Waals surface area contributed by atoms with E-state index in [4.69, 9.17) is 5.73 Å². The smallest absolute Gasteiger partial charge is 0.223 e. The Bertz CT molecular complexity index is 105. The van der Waals surface area contributed by atoms with Crippen LogP contribution in [0.15, 0.2) is 0 Å². The van der Waals surface area contributed by atoms with Crippen molar-refractivity contribution in [3.05, 3.63) is 0 Å². The van der Waals surface area contributed by atoms with E-state index in [0.29, 0.717) is 0 Å². The summed E-state index contributed by atoms with van der Waals surface area (Å²) in [4.78, 5) is 10.7. The van der Waals surface area contributed by atoms with Gasteiger partial charge >= 0.3 is 0 Å². The highest BCUT2D eigenvalue weighted by Gasteiger charge is 2.25. The van der Waals surface area contributed by atoms with Gasteiger partial charge in [-0.2, -0.15) is 0 Å². The topological polar surface area (TPSA) is 43.1 Å². The van der Waals surface area contributed by atoms with E-state index in [2.05, 4.69) is 0 Å². The Kier molecular flexibility index (Phi) is 2.68. The van der Waals surface area contributed by atoms with E-state index in [1.165, 1.54) is 0 Å². The molecule has 0 unspecified atom stereocenters. The predicted octanol–water partition coefficient (Wildman–Crippen LogP) is 1.30. The molecular weight excluding hydrogens is 114 g/mol. The number of nitrogens with two attached hydrogens (primary N) is 1. The van der Waals surface area contributed by atoms with E-state index in [1.54, 1.807) is 0 Å². The molecule has 0 aliphatic carbocycles. The Hall–Kier alpha value is -0.530. The maximum Gasteiger partial charge on any atom is 0.223 e. The minimum absolute atomic E-state index is 0.187. The van der Waals surface area contributed by atoms with Crippen LogP contribution in [0, 0.1) is 5.41 Å². The maximum atomic E-state index is 10.7. The zero-order valence-corrected chi connectivity index (χ0v) is 6.40. The molecule has 0 radical (unpaired) electrons. The number of carbonyl (C=O) groups excluding carboxylic acids is 1. The SMILES string of the molecule is CCC(C)(CC)C(N)=O. The predicted molar refractivity (Wildman–Crippen MR) is 37.9 cm³/mol. The third-order valence-electron chi connectivity index (χ3n) is 2.16. The van der Waals surface area contributed by atoms with E-state index in [0.717, 1.165) is 12.8 Å².